The van der Waals surface area contributed by atoms with Crippen LogP contribution in [0, 0.1) is 0 Å². The van der Waals surface area contributed by atoms with Gasteiger partial charge in [-0.3, -0.25) is 0 Å². The van der Waals surface area contributed by atoms with E-state index in [-0.39, 0.29) is 6.09 Å². The Morgan fingerprint density at radius 3 is 2.04 bits per heavy atom. The molecule has 2 rings (SSSR count). The summed E-state index contributed by atoms with van der Waals surface area (Å²) in [6.07, 6.45) is -0.209. The topological polar surface area (TPSA) is 36.0 Å². The number of carbonyl (C=O) groups is 1. The molecule has 0 spiro atoms. The summed E-state index contributed by atoms with van der Waals surface area (Å²) in [7, 11) is 0. The van der Waals surface area contributed by atoms with Crippen molar-refractivity contribution in [2.45, 2.75) is 40.2 Å². The van der Waals surface area contributed by atoms with Gasteiger partial charge in [0.2, 0.25) is 0 Å². The van der Waals surface area contributed by atoms with Crippen LogP contribution in [0.25, 0.3) is 0 Å². The van der Waals surface area contributed by atoms with Crippen molar-refractivity contribution in [2.75, 3.05) is 49.1 Å². The van der Waals surface area contributed by atoms with E-state index < -0.39 is 5.60 Å². The third-order valence-corrected chi connectivity index (χ3v) is 4.27. The maximum absolute atomic E-state index is 12.1. The molecule has 1 saturated heterocycles. The molecule has 0 aromatic heterocycles. The predicted octanol–water partition coefficient (Wildman–Crippen LogP) is 3.59. The molecule has 0 aliphatic carbocycles. The molecule has 0 saturated carbocycles. The fourth-order valence-electron chi connectivity index (χ4n) is 2.94. The number of amides is 1. The van der Waals surface area contributed by atoms with Crippen LogP contribution in [0.3, 0.4) is 0 Å². The Hall–Kier alpha value is -1.91. The van der Waals surface area contributed by atoms with Crippen molar-refractivity contribution in [1.29, 1.82) is 0 Å². The summed E-state index contributed by atoms with van der Waals surface area (Å²) in [5, 5.41) is 0. The van der Waals surface area contributed by atoms with Crippen molar-refractivity contribution in [3.05, 3.63) is 24.3 Å². The van der Waals surface area contributed by atoms with E-state index >= 15 is 0 Å². The summed E-state index contributed by atoms with van der Waals surface area (Å²) in [5.74, 6) is 0. The second-order valence-corrected chi connectivity index (χ2v) is 7.14. The van der Waals surface area contributed by atoms with Gasteiger partial charge in [-0.25, -0.2) is 4.79 Å². The van der Waals surface area contributed by atoms with Crippen molar-refractivity contribution in [3.8, 4) is 0 Å². The molecule has 1 aromatic rings. The second kappa shape index (κ2) is 7.77. The lowest BCUT2D eigenvalue weighted by Gasteiger charge is -2.37. The molecule has 1 fully saturated rings. The monoisotopic (exact) mass is 333 g/mol. The largest absolute Gasteiger partial charge is 0.444 e. The Morgan fingerprint density at radius 1 is 1.04 bits per heavy atom. The van der Waals surface area contributed by atoms with Crippen molar-refractivity contribution >= 4 is 17.5 Å². The highest BCUT2D eigenvalue weighted by molar-refractivity contribution is 5.68. The van der Waals surface area contributed by atoms with Crippen LogP contribution in [-0.4, -0.2) is 55.9 Å². The summed E-state index contributed by atoms with van der Waals surface area (Å²) in [6, 6.07) is 8.72. The molecule has 1 aliphatic rings. The molecule has 0 radical (unpaired) electrons. The van der Waals surface area contributed by atoms with Crippen LogP contribution in [0.15, 0.2) is 24.3 Å². The smallest absolute Gasteiger partial charge is 0.410 e. The van der Waals surface area contributed by atoms with Gasteiger partial charge >= 0.3 is 6.09 Å². The lowest BCUT2D eigenvalue weighted by Crippen LogP contribution is -2.50. The third-order valence-electron chi connectivity index (χ3n) is 4.27. The van der Waals surface area contributed by atoms with Crippen molar-refractivity contribution in [1.82, 2.24) is 4.90 Å². The number of hydrogen-bond donors (Lipinski definition) is 0. The van der Waals surface area contributed by atoms with E-state index in [0.717, 1.165) is 26.2 Å². The van der Waals surface area contributed by atoms with Crippen LogP contribution in [-0.2, 0) is 4.74 Å². The Labute approximate surface area is 146 Å². The Morgan fingerprint density at radius 2 is 1.58 bits per heavy atom. The Balaban J connectivity index is 1.91. The summed E-state index contributed by atoms with van der Waals surface area (Å²) in [5.41, 5.74) is 2.04. The fraction of sp³-hybridized carbons (Fsp3) is 0.632. The summed E-state index contributed by atoms with van der Waals surface area (Å²) in [6.45, 7) is 15.2. The van der Waals surface area contributed by atoms with Gasteiger partial charge in [0.1, 0.15) is 5.60 Å². The molecule has 1 heterocycles. The molecule has 5 nitrogen and oxygen atoms in total. The zero-order valence-corrected chi connectivity index (χ0v) is 15.7. The van der Waals surface area contributed by atoms with Crippen LogP contribution in [0.4, 0.5) is 16.2 Å². The molecule has 1 aromatic carbocycles. The first-order valence-corrected chi connectivity index (χ1v) is 8.92. The average molecular weight is 333 g/mol. The van der Waals surface area contributed by atoms with Crippen molar-refractivity contribution < 1.29 is 9.53 Å². The quantitative estimate of drug-likeness (QED) is 0.844. The van der Waals surface area contributed by atoms with Crippen LogP contribution >= 0.6 is 0 Å². The number of hydrogen-bond acceptors (Lipinski definition) is 4. The molecule has 5 heteroatoms. The minimum absolute atomic E-state index is 0.209. The van der Waals surface area contributed by atoms with E-state index in [1.807, 2.05) is 20.8 Å². The van der Waals surface area contributed by atoms with Crippen LogP contribution in [0.5, 0.6) is 0 Å². The lowest BCUT2D eigenvalue weighted by molar-refractivity contribution is 0.0240. The number of rotatable bonds is 4. The summed E-state index contributed by atoms with van der Waals surface area (Å²) in [4.78, 5) is 18.6. The molecule has 0 N–H and O–H groups in total. The molecule has 0 bridgehead atoms. The van der Waals surface area contributed by atoms with E-state index in [0.29, 0.717) is 13.1 Å². The van der Waals surface area contributed by atoms with Crippen LogP contribution in [0.1, 0.15) is 34.6 Å². The van der Waals surface area contributed by atoms with Crippen molar-refractivity contribution in [3.63, 3.8) is 0 Å². The van der Waals surface area contributed by atoms with Crippen molar-refractivity contribution in [2.24, 2.45) is 0 Å². The molecule has 0 unspecified atom stereocenters. The maximum Gasteiger partial charge on any atom is 0.410 e. The van der Waals surface area contributed by atoms with Gasteiger partial charge in [0.15, 0.2) is 0 Å². The number of carbonyl (C=O) groups excluding carboxylic acids is 1. The van der Waals surface area contributed by atoms with Gasteiger partial charge in [0.05, 0.1) is 0 Å². The lowest BCUT2D eigenvalue weighted by atomic mass is 10.2. The zero-order valence-electron chi connectivity index (χ0n) is 15.7. The highest BCUT2D eigenvalue weighted by atomic mass is 16.6. The standard InChI is InChI=1S/C19H31N3O2/c1-6-20(7-2)16-8-10-17(11-9-16)21-12-14-22(15-13-21)18(23)24-19(3,4)5/h8-11H,6-7,12-15H2,1-5H3. The SMILES string of the molecule is CCN(CC)c1ccc(N2CCN(C(=O)OC(C)(C)C)CC2)cc1. The van der Waals surface area contributed by atoms with E-state index in [9.17, 15) is 4.79 Å². The Kier molecular flexibility index (Phi) is 5.97. The first-order chi connectivity index (χ1) is 11.3. The van der Waals surface area contributed by atoms with Crippen LogP contribution in [0.2, 0.25) is 0 Å². The number of benzene rings is 1. The average Bonchev–Trinajstić information content (AvgIpc) is 2.55. The van der Waals surface area contributed by atoms with Gasteiger partial charge in [0, 0.05) is 50.6 Å². The van der Waals surface area contributed by atoms with Gasteiger partial charge in [0.25, 0.3) is 0 Å². The van der Waals surface area contributed by atoms with Gasteiger partial charge in [-0.05, 0) is 58.9 Å². The second-order valence-electron chi connectivity index (χ2n) is 7.14. The maximum atomic E-state index is 12.1. The number of ether oxygens (including phenoxy) is 1. The minimum Gasteiger partial charge on any atom is -0.444 e. The molecular formula is C19H31N3O2. The van der Waals surface area contributed by atoms with Crippen LogP contribution < -0.4 is 9.80 Å². The Bertz CT molecular complexity index is 525. The normalized spacial score (nSPS) is 15.4. The zero-order chi connectivity index (χ0) is 17.7. The first kappa shape index (κ1) is 18.4. The first-order valence-electron chi connectivity index (χ1n) is 8.92. The minimum atomic E-state index is -0.436. The van der Waals surface area contributed by atoms with E-state index in [1.54, 1.807) is 4.90 Å². The molecule has 24 heavy (non-hydrogen) atoms. The predicted molar refractivity (Wildman–Crippen MR) is 100 cm³/mol. The van der Waals surface area contributed by atoms with E-state index in [1.165, 1.54) is 11.4 Å². The van der Waals surface area contributed by atoms with E-state index in [2.05, 4.69) is 47.9 Å². The van der Waals surface area contributed by atoms with Gasteiger partial charge in [-0.1, -0.05) is 0 Å². The highest BCUT2D eigenvalue weighted by Gasteiger charge is 2.25. The number of nitrogens with zero attached hydrogens (tertiary/aromatic N) is 3. The summed E-state index contributed by atoms with van der Waals surface area (Å²) >= 11 is 0. The van der Waals surface area contributed by atoms with Gasteiger partial charge < -0.3 is 19.4 Å². The molecular weight excluding hydrogens is 302 g/mol. The molecule has 134 valence electrons. The number of anilines is 2. The number of piperazine rings is 1. The highest BCUT2D eigenvalue weighted by Crippen LogP contribution is 2.22. The van der Waals surface area contributed by atoms with Gasteiger partial charge in [-0.2, -0.15) is 0 Å². The molecule has 1 aliphatic heterocycles. The third kappa shape index (κ3) is 4.79. The fourth-order valence-corrected chi connectivity index (χ4v) is 2.94. The molecule has 1 amide bonds. The summed E-state index contributed by atoms with van der Waals surface area (Å²) < 4.78 is 5.45. The van der Waals surface area contributed by atoms with Gasteiger partial charge in [-0.15, -0.1) is 0 Å². The molecule has 0 atom stereocenters. The van der Waals surface area contributed by atoms with E-state index in [4.69, 9.17) is 4.74 Å².